The zero-order valence-corrected chi connectivity index (χ0v) is 9.85. The molecular weight excluding hydrogens is 200 g/mol. The van der Waals surface area contributed by atoms with Crippen molar-refractivity contribution >= 4 is 12.4 Å². The molecular formula is C10H21ClN2O. The fourth-order valence-corrected chi connectivity index (χ4v) is 2.46. The Bertz CT molecular complexity index is 180. The molecule has 0 aromatic heterocycles. The predicted molar refractivity (Wildman–Crippen MR) is 60.1 cm³/mol. The van der Waals surface area contributed by atoms with E-state index in [1.165, 1.54) is 19.5 Å². The van der Waals surface area contributed by atoms with E-state index in [2.05, 4.69) is 24.1 Å². The van der Waals surface area contributed by atoms with E-state index < -0.39 is 0 Å². The van der Waals surface area contributed by atoms with E-state index >= 15 is 0 Å². The molecule has 2 rings (SSSR count). The van der Waals surface area contributed by atoms with Crippen LogP contribution in [0.1, 0.15) is 20.3 Å². The first-order chi connectivity index (χ1) is 6.27. The molecule has 2 heterocycles. The maximum Gasteiger partial charge on any atom is 0.0703 e. The van der Waals surface area contributed by atoms with Crippen LogP contribution in [-0.2, 0) is 4.74 Å². The summed E-state index contributed by atoms with van der Waals surface area (Å²) in [5.41, 5.74) is 0. The Labute approximate surface area is 92.6 Å². The topological polar surface area (TPSA) is 24.5 Å². The van der Waals surface area contributed by atoms with E-state index in [1.807, 2.05) is 0 Å². The van der Waals surface area contributed by atoms with Crippen LogP contribution in [0.3, 0.4) is 0 Å². The normalized spacial score (nSPS) is 39.4. The summed E-state index contributed by atoms with van der Waals surface area (Å²) in [4.78, 5) is 2.58. The fraction of sp³-hybridized carbons (Fsp3) is 1.00. The molecule has 2 unspecified atom stereocenters. The summed E-state index contributed by atoms with van der Waals surface area (Å²) in [5, 5.41) is 3.47. The number of piperazine rings is 1. The van der Waals surface area contributed by atoms with Crippen molar-refractivity contribution in [1.82, 2.24) is 10.2 Å². The van der Waals surface area contributed by atoms with E-state index in [-0.39, 0.29) is 12.4 Å². The first-order valence-electron chi connectivity index (χ1n) is 5.36. The fourth-order valence-electron chi connectivity index (χ4n) is 2.46. The van der Waals surface area contributed by atoms with Crippen LogP contribution in [0, 0.1) is 0 Å². The van der Waals surface area contributed by atoms with Crippen LogP contribution in [0.25, 0.3) is 0 Å². The van der Waals surface area contributed by atoms with Gasteiger partial charge in [0, 0.05) is 38.3 Å². The first-order valence-corrected chi connectivity index (χ1v) is 5.36. The molecule has 2 fully saturated rings. The van der Waals surface area contributed by atoms with Gasteiger partial charge in [0.1, 0.15) is 0 Å². The molecule has 0 radical (unpaired) electrons. The minimum Gasteiger partial charge on any atom is -0.377 e. The van der Waals surface area contributed by atoms with Crippen LogP contribution in [0.5, 0.6) is 0 Å². The molecule has 2 aliphatic rings. The molecule has 4 heteroatoms. The van der Waals surface area contributed by atoms with Gasteiger partial charge in [-0.3, -0.25) is 4.90 Å². The number of nitrogens with one attached hydrogen (secondary N) is 1. The van der Waals surface area contributed by atoms with Gasteiger partial charge in [0.25, 0.3) is 0 Å². The Balaban J connectivity index is 0.000000980. The highest BCUT2D eigenvalue weighted by Crippen LogP contribution is 2.20. The molecule has 0 saturated carbocycles. The van der Waals surface area contributed by atoms with E-state index in [0.717, 1.165) is 13.2 Å². The Kier molecular flexibility index (Phi) is 4.64. The van der Waals surface area contributed by atoms with Gasteiger partial charge in [-0.1, -0.05) is 0 Å². The van der Waals surface area contributed by atoms with Crippen LogP contribution in [0.15, 0.2) is 0 Å². The lowest BCUT2D eigenvalue weighted by atomic mass is 10.1. The summed E-state index contributed by atoms with van der Waals surface area (Å²) < 4.78 is 5.59. The summed E-state index contributed by atoms with van der Waals surface area (Å²) in [6.45, 7) is 8.90. The van der Waals surface area contributed by atoms with Gasteiger partial charge in [-0.05, 0) is 20.3 Å². The van der Waals surface area contributed by atoms with Gasteiger partial charge in [-0.15, -0.1) is 12.4 Å². The third-order valence-electron chi connectivity index (χ3n) is 3.21. The van der Waals surface area contributed by atoms with Crippen molar-refractivity contribution in [2.24, 2.45) is 0 Å². The lowest BCUT2D eigenvalue weighted by molar-refractivity contribution is 0.0621. The largest absolute Gasteiger partial charge is 0.377 e. The second kappa shape index (κ2) is 5.31. The van der Waals surface area contributed by atoms with E-state index in [0.29, 0.717) is 18.2 Å². The highest BCUT2D eigenvalue weighted by molar-refractivity contribution is 5.85. The van der Waals surface area contributed by atoms with Crippen molar-refractivity contribution in [2.75, 3.05) is 26.2 Å². The standard InChI is InChI=1S/C10H20N2O.ClH/c1-8-7-12(5-4-11-8)10-3-6-13-9(10)2;/h8-11H,3-7H2,1-2H3;1H/t8-,9?,10?;/m0./s1. The molecule has 0 aromatic carbocycles. The van der Waals surface area contributed by atoms with Crippen molar-refractivity contribution in [3.05, 3.63) is 0 Å². The minimum absolute atomic E-state index is 0. The van der Waals surface area contributed by atoms with E-state index in [4.69, 9.17) is 4.74 Å². The molecule has 0 spiro atoms. The van der Waals surface area contributed by atoms with E-state index in [9.17, 15) is 0 Å². The molecule has 1 N–H and O–H groups in total. The second-order valence-corrected chi connectivity index (χ2v) is 4.28. The van der Waals surface area contributed by atoms with Crippen LogP contribution < -0.4 is 5.32 Å². The zero-order valence-electron chi connectivity index (χ0n) is 9.03. The van der Waals surface area contributed by atoms with Gasteiger partial charge in [0.2, 0.25) is 0 Å². The van der Waals surface area contributed by atoms with Crippen LogP contribution in [0.2, 0.25) is 0 Å². The molecule has 2 saturated heterocycles. The number of halogens is 1. The number of hydrogen-bond acceptors (Lipinski definition) is 3. The molecule has 14 heavy (non-hydrogen) atoms. The molecule has 0 bridgehead atoms. The molecule has 84 valence electrons. The molecule has 3 nitrogen and oxygen atoms in total. The van der Waals surface area contributed by atoms with Gasteiger partial charge in [0.05, 0.1) is 6.10 Å². The Morgan fingerprint density at radius 3 is 2.71 bits per heavy atom. The Morgan fingerprint density at radius 1 is 1.36 bits per heavy atom. The highest BCUT2D eigenvalue weighted by Gasteiger charge is 2.31. The van der Waals surface area contributed by atoms with Crippen molar-refractivity contribution in [3.8, 4) is 0 Å². The summed E-state index contributed by atoms with van der Waals surface area (Å²) >= 11 is 0. The van der Waals surface area contributed by atoms with E-state index in [1.54, 1.807) is 0 Å². The molecule has 0 amide bonds. The lowest BCUT2D eigenvalue weighted by Gasteiger charge is -2.37. The number of hydrogen-bond donors (Lipinski definition) is 1. The van der Waals surface area contributed by atoms with Gasteiger partial charge >= 0.3 is 0 Å². The quantitative estimate of drug-likeness (QED) is 0.710. The maximum atomic E-state index is 5.59. The molecule has 3 atom stereocenters. The average Bonchev–Trinajstić information content (AvgIpc) is 2.51. The molecule has 0 aliphatic carbocycles. The lowest BCUT2D eigenvalue weighted by Crippen LogP contribution is -2.54. The predicted octanol–water partition coefficient (Wildman–Crippen LogP) is 0.879. The summed E-state index contributed by atoms with van der Waals surface area (Å²) in [7, 11) is 0. The van der Waals surface area contributed by atoms with Crippen molar-refractivity contribution in [3.63, 3.8) is 0 Å². The Morgan fingerprint density at radius 2 is 2.14 bits per heavy atom. The van der Waals surface area contributed by atoms with Crippen LogP contribution in [-0.4, -0.2) is 49.3 Å². The van der Waals surface area contributed by atoms with Crippen LogP contribution >= 0.6 is 12.4 Å². The van der Waals surface area contributed by atoms with Gasteiger partial charge < -0.3 is 10.1 Å². The van der Waals surface area contributed by atoms with Crippen molar-refractivity contribution in [2.45, 2.75) is 38.5 Å². The van der Waals surface area contributed by atoms with Gasteiger partial charge in [0.15, 0.2) is 0 Å². The monoisotopic (exact) mass is 220 g/mol. The number of rotatable bonds is 1. The third-order valence-corrected chi connectivity index (χ3v) is 3.21. The zero-order chi connectivity index (χ0) is 9.26. The first kappa shape index (κ1) is 12.2. The molecule has 2 aliphatic heterocycles. The third kappa shape index (κ3) is 2.60. The summed E-state index contributed by atoms with van der Waals surface area (Å²) in [6, 6.07) is 1.31. The highest BCUT2D eigenvalue weighted by atomic mass is 35.5. The second-order valence-electron chi connectivity index (χ2n) is 4.28. The summed E-state index contributed by atoms with van der Waals surface area (Å²) in [5.74, 6) is 0. The van der Waals surface area contributed by atoms with Crippen LogP contribution in [0.4, 0.5) is 0 Å². The van der Waals surface area contributed by atoms with Gasteiger partial charge in [-0.2, -0.15) is 0 Å². The van der Waals surface area contributed by atoms with Gasteiger partial charge in [-0.25, -0.2) is 0 Å². The maximum absolute atomic E-state index is 5.59. The Hall–Kier alpha value is 0.170. The number of ether oxygens (including phenoxy) is 1. The number of nitrogens with zero attached hydrogens (tertiary/aromatic N) is 1. The SMILES string of the molecule is CC1OCCC1N1CCN[C@@H](C)C1.Cl. The average molecular weight is 221 g/mol. The van der Waals surface area contributed by atoms with Crippen molar-refractivity contribution in [1.29, 1.82) is 0 Å². The van der Waals surface area contributed by atoms with Crippen molar-refractivity contribution < 1.29 is 4.74 Å². The minimum atomic E-state index is 0. The summed E-state index contributed by atoms with van der Waals surface area (Å²) in [6.07, 6.45) is 1.65. The molecule has 0 aromatic rings. The smallest absolute Gasteiger partial charge is 0.0703 e.